The summed E-state index contributed by atoms with van der Waals surface area (Å²) in [6.45, 7) is 1.12. The number of hydrogen-bond acceptors (Lipinski definition) is 18. The number of rotatable bonds is 25. The molecule has 0 spiro atoms. The van der Waals surface area contributed by atoms with E-state index in [0.717, 1.165) is 0 Å². The molecule has 0 aromatic heterocycles. The lowest BCUT2D eigenvalue weighted by molar-refractivity contribution is -0.300. The van der Waals surface area contributed by atoms with Crippen molar-refractivity contribution < 1.29 is 88.4 Å². The van der Waals surface area contributed by atoms with Gasteiger partial charge in [-0.2, -0.15) is 0 Å². The second-order valence-electron chi connectivity index (χ2n) is 11.7. The summed E-state index contributed by atoms with van der Waals surface area (Å²) in [5.74, 6) is -1.08. The zero-order chi connectivity index (χ0) is 37.8. The predicted molar refractivity (Wildman–Crippen MR) is 169 cm³/mol. The number of carbonyl (C=O) groups is 3. The van der Waals surface area contributed by atoms with Crippen molar-refractivity contribution in [3.8, 4) is 0 Å². The Morgan fingerprint density at radius 2 is 1.00 bits per heavy atom. The smallest absolute Gasteiger partial charge is 0.222 e. The van der Waals surface area contributed by atoms with Crippen molar-refractivity contribution in [2.45, 2.75) is 93.6 Å². The molecule has 0 radical (unpaired) electrons. The molecule has 21 heteroatoms. The van der Waals surface area contributed by atoms with Crippen LogP contribution in [0, 0.1) is 0 Å². The number of hydrogen-bond donors (Lipinski definition) is 11. The van der Waals surface area contributed by atoms with Gasteiger partial charge < -0.3 is 90.0 Å². The molecule has 2 fully saturated rings. The van der Waals surface area contributed by atoms with E-state index in [2.05, 4.69) is 16.0 Å². The summed E-state index contributed by atoms with van der Waals surface area (Å²) in [4.78, 5) is 36.7. The second kappa shape index (κ2) is 24.9. The van der Waals surface area contributed by atoms with Crippen LogP contribution in [0.2, 0.25) is 0 Å². The summed E-state index contributed by atoms with van der Waals surface area (Å²) in [6.07, 6.45) is -14.1. The standard InChI is InChI=1S/C30H55N3O18/c1-2-45-8-5-22(38)33-17(15-46-9-3-20(36)31-6-11-48-29-27(43)25(41)23(39)18(13-34)50-29)16-47-10-4-21(37)32-7-12-49-30-28(44)26(42)24(40)19(14-35)51-30/h17-19,23-30,34-35,39-44H,2-16H2,1H3,(H,31,36)(H,32,37)(H,33,38). The van der Waals surface area contributed by atoms with Crippen LogP contribution in [0.25, 0.3) is 0 Å². The van der Waals surface area contributed by atoms with Gasteiger partial charge in [0.1, 0.15) is 48.8 Å². The van der Waals surface area contributed by atoms with Crippen molar-refractivity contribution in [1.82, 2.24) is 16.0 Å². The third-order valence-corrected chi connectivity index (χ3v) is 7.74. The van der Waals surface area contributed by atoms with E-state index in [0.29, 0.717) is 6.61 Å². The minimum Gasteiger partial charge on any atom is -0.394 e. The molecule has 10 atom stereocenters. The van der Waals surface area contributed by atoms with Gasteiger partial charge in [0.15, 0.2) is 12.6 Å². The Bertz CT molecular complexity index is 932. The maximum atomic E-state index is 12.3. The van der Waals surface area contributed by atoms with Crippen molar-refractivity contribution in [3.63, 3.8) is 0 Å². The zero-order valence-corrected chi connectivity index (χ0v) is 28.6. The van der Waals surface area contributed by atoms with E-state index in [1.807, 2.05) is 0 Å². The van der Waals surface area contributed by atoms with E-state index in [9.17, 15) is 55.2 Å². The summed E-state index contributed by atoms with van der Waals surface area (Å²) < 4.78 is 37.4. The molecule has 21 nitrogen and oxygen atoms in total. The van der Waals surface area contributed by atoms with Crippen LogP contribution in [0.15, 0.2) is 0 Å². The van der Waals surface area contributed by atoms with Crippen LogP contribution >= 0.6 is 0 Å². The molecule has 0 bridgehead atoms. The Kier molecular flexibility index (Phi) is 22.0. The van der Waals surface area contributed by atoms with Gasteiger partial charge in [0, 0.05) is 39.0 Å². The van der Waals surface area contributed by atoms with Crippen molar-refractivity contribution in [2.24, 2.45) is 0 Å². The molecule has 2 aliphatic heterocycles. The van der Waals surface area contributed by atoms with Gasteiger partial charge in [0.05, 0.1) is 65.5 Å². The normalized spacial score (nSPS) is 30.1. The van der Waals surface area contributed by atoms with Crippen LogP contribution in [0.3, 0.4) is 0 Å². The highest BCUT2D eigenvalue weighted by atomic mass is 16.7. The minimum atomic E-state index is -1.58. The Hall–Kier alpha value is -2.19. The molecule has 0 aromatic carbocycles. The Labute approximate surface area is 295 Å². The summed E-state index contributed by atoms with van der Waals surface area (Å²) in [6, 6.07) is -0.607. The van der Waals surface area contributed by atoms with Crippen molar-refractivity contribution >= 4 is 17.7 Å². The quantitative estimate of drug-likeness (QED) is 0.0387. The fraction of sp³-hybridized carbons (Fsp3) is 0.900. The van der Waals surface area contributed by atoms with Crippen molar-refractivity contribution in [2.75, 3.05) is 79.2 Å². The maximum absolute atomic E-state index is 12.3. The Morgan fingerprint density at radius 3 is 1.41 bits per heavy atom. The first-order valence-electron chi connectivity index (χ1n) is 16.8. The van der Waals surface area contributed by atoms with Crippen LogP contribution in [0.4, 0.5) is 0 Å². The van der Waals surface area contributed by atoms with E-state index in [4.69, 9.17) is 33.2 Å². The van der Waals surface area contributed by atoms with Crippen LogP contribution < -0.4 is 16.0 Å². The number of carbonyl (C=O) groups excluding carboxylic acids is 3. The first-order valence-corrected chi connectivity index (χ1v) is 16.8. The van der Waals surface area contributed by atoms with Crippen molar-refractivity contribution in [3.05, 3.63) is 0 Å². The monoisotopic (exact) mass is 745 g/mol. The summed E-state index contributed by atoms with van der Waals surface area (Å²) >= 11 is 0. The van der Waals surface area contributed by atoms with Crippen LogP contribution in [-0.2, 0) is 47.5 Å². The lowest BCUT2D eigenvalue weighted by atomic mass is 9.99. The first-order chi connectivity index (χ1) is 24.4. The Morgan fingerprint density at radius 1 is 0.588 bits per heavy atom. The fourth-order valence-electron chi connectivity index (χ4n) is 4.84. The molecule has 10 unspecified atom stereocenters. The van der Waals surface area contributed by atoms with Gasteiger partial charge in [-0.25, -0.2) is 0 Å². The molecule has 2 rings (SSSR count). The van der Waals surface area contributed by atoms with E-state index < -0.39 is 80.7 Å². The van der Waals surface area contributed by atoms with Gasteiger partial charge >= 0.3 is 0 Å². The van der Waals surface area contributed by atoms with Crippen LogP contribution in [-0.4, -0.2) is 205 Å². The molecule has 2 heterocycles. The molecule has 0 saturated carbocycles. The average Bonchev–Trinajstić information content (AvgIpc) is 3.11. The molecule has 2 saturated heterocycles. The van der Waals surface area contributed by atoms with Gasteiger partial charge in [-0.15, -0.1) is 0 Å². The number of amides is 3. The lowest BCUT2D eigenvalue weighted by Crippen LogP contribution is -2.59. The van der Waals surface area contributed by atoms with Gasteiger partial charge in [-0.3, -0.25) is 14.4 Å². The fourth-order valence-corrected chi connectivity index (χ4v) is 4.84. The highest BCUT2D eigenvalue weighted by molar-refractivity contribution is 5.77. The van der Waals surface area contributed by atoms with Gasteiger partial charge in [-0.1, -0.05) is 0 Å². The first kappa shape index (κ1) is 45.0. The lowest BCUT2D eigenvalue weighted by Gasteiger charge is -2.39. The highest BCUT2D eigenvalue weighted by Gasteiger charge is 2.45. The number of ether oxygens (including phenoxy) is 7. The number of aliphatic hydroxyl groups is 8. The van der Waals surface area contributed by atoms with Gasteiger partial charge in [-0.05, 0) is 6.92 Å². The van der Waals surface area contributed by atoms with E-state index in [-0.39, 0.29) is 96.3 Å². The molecule has 3 amide bonds. The summed E-state index contributed by atoms with van der Waals surface area (Å²) in [5, 5.41) is 85.7. The average molecular weight is 746 g/mol. The SMILES string of the molecule is CCOCCC(=O)NC(COCCC(=O)NCCOC1OC(CO)C(O)C(O)C1O)COCCC(=O)NCCOC1OC(CO)C(O)C(O)C1O. The largest absolute Gasteiger partial charge is 0.394 e. The number of nitrogens with one attached hydrogen (secondary N) is 3. The summed E-state index contributed by atoms with van der Waals surface area (Å²) in [7, 11) is 0. The summed E-state index contributed by atoms with van der Waals surface area (Å²) in [5.41, 5.74) is 0. The number of aliphatic hydroxyl groups excluding tert-OH is 8. The van der Waals surface area contributed by atoms with E-state index >= 15 is 0 Å². The van der Waals surface area contributed by atoms with E-state index in [1.165, 1.54) is 0 Å². The van der Waals surface area contributed by atoms with Gasteiger partial charge in [0.2, 0.25) is 17.7 Å². The maximum Gasteiger partial charge on any atom is 0.222 e. The molecule has 2 aliphatic rings. The molecule has 11 N–H and O–H groups in total. The van der Waals surface area contributed by atoms with E-state index in [1.54, 1.807) is 6.92 Å². The zero-order valence-electron chi connectivity index (χ0n) is 28.6. The van der Waals surface area contributed by atoms with Gasteiger partial charge in [0.25, 0.3) is 0 Å². The minimum absolute atomic E-state index is 0.00167. The van der Waals surface area contributed by atoms with Crippen LogP contribution in [0.1, 0.15) is 26.2 Å². The highest BCUT2D eigenvalue weighted by Crippen LogP contribution is 2.22. The third kappa shape index (κ3) is 16.2. The molecule has 51 heavy (non-hydrogen) atoms. The molecular formula is C30H55N3O18. The second-order valence-corrected chi connectivity index (χ2v) is 11.7. The Balaban J connectivity index is 1.64. The van der Waals surface area contributed by atoms with Crippen molar-refractivity contribution in [1.29, 1.82) is 0 Å². The molecule has 298 valence electrons. The third-order valence-electron chi connectivity index (χ3n) is 7.74. The van der Waals surface area contributed by atoms with Crippen LogP contribution in [0.5, 0.6) is 0 Å². The topological polar surface area (TPSA) is 314 Å². The molecule has 0 aliphatic carbocycles. The molecule has 0 aromatic rings. The predicted octanol–water partition coefficient (Wildman–Crippen LogP) is -6.42. The molecular weight excluding hydrogens is 690 g/mol.